The third kappa shape index (κ3) is 3.09. The van der Waals surface area contributed by atoms with E-state index in [1.807, 2.05) is 18.5 Å². The van der Waals surface area contributed by atoms with Crippen molar-refractivity contribution in [3.8, 4) is 0 Å². The largest absolute Gasteiger partial charge is 0.342 e. The van der Waals surface area contributed by atoms with Crippen molar-refractivity contribution in [3.05, 3.63) is 58.4 Å². The quantitative estimate of drug-likeness (QED) is 0.595. The Kier molecular flexibility index (Phi) is 4.64. The Hall–Kier alpha value is -2.36. The zero-order valence-corrected chi connectivity index (χ0v) is 18.6. The fourth-order valence-electron chi connectivity index (χ4n) is 5.56. The predicted molar refractivity (Wildman–Crippen MR) is 115 cm³/mol. The highest BCUT2D eigenvalue weighted by atomic mass is 32.1. The maximum Gasteiger partial charge on any atom is 0.257 e. The van der Waals surface area contributed by atoms with Crippen LogP contribution in [0.2, 0.25) is 0 Å². The topological polar surface area (TPSA) is 50.1 Å². The highest BCUT2D eigenvalue weighted by molar-refractivity contribution is 7.15. The smallest absolute Gasteiger partial charge is 0.257 e. The summed E-state index contributed by atoms with van der Waals surface area (Å²) in [6.45, 7) is 4.32. The molecule has 0 aliphatic carbocycles. The minimum Gasteiger partial charge on any atom is -0.342 e. The summed E-state index contributed by atoms with van der Waals surface area (Å²) in [6.07, 6.45) is 4.31. The fourth-order valence-corrected chi connectivity index (χ4v) is 6.33. The molecule has 9 heteroatoms. The van der Waals surface area contributed by atoms with Crippen LogP contribution in [0.5, 0.6) is 0 Å². The second-order valence-electron chi connectivity index (χ2n) is 9.05. The molecule has 2 unspecified atom stereocenters. The molecule has 0 N–H and O–H groups in total. The van der Waals surface area contributed by atoms with E-state index in [0.717, 1.165) is 36.4 Å². The van der Waals surface area contributed by atoms with Crippen LogP contribution in [0, 0.1) is 18.6 Å². The van der Waals surface area contributed by atoms with E-state index < -0.39 is 17.2 Å². The number of aromatic nitrogens is 2. The zero-order valence-electron chi connectivity index (χ0n) is 17.8. The van der Waals surface area contributed by atoms with Gasteiger partial charge in [-0.25, -0.2) is 13.8 Å². The number of nitrogens with zero attached hydrogens (tertiary/aromatic N) is 4. The van der Waals surface area contributed by atoms with Crippen LogP contribution in [0.25, 0.3) is 4.96 Å². The molecule has 0 radical (unpaired) electrons. The van der Waals surface area contributed by atoms with Crippen LogP contribution in [-0.2, 0) is 16.1 Å². The summed E-state index contributed by atoms with van der Waals surface area (Å²) >= 11 is 1.63. The van der Waals surface area contributed by atoms with Crippen molar-refractivity contribution in [1.82, 2.24) is 19.2 Å². The Bertz CT molecular complexity index is 1180. The van der Waals surface area contributed by atoms with E-state index in [9.17, 15) is 13.6 Å². The van der Waals surface area contributed by atoms with Crippen LogP contribution in [0.1, 0.15) is 48.7 Å². The van der Waals surface area contributed by atoms with Gasteiger partial charge in [-0.2, -0.15) is 0 Å². The molecule has 1 amide bonds. The molecule has 3 fully saturated rings. The van der Waals surface area contributed by atoms with Crippen LogP contribution in [0.4, 0.5) is 8.78 Å². The first-order valence-electron chi connectivity index (χ1n) is 11.0. The number of benzene rings is 1. The van der Waals surface area contributed by atoms with Crippen molar-refractivity contribution in [2.24, 2.45) is 0 Å². The molecule has 2 atom stereocenters. The Labute approximate surface area is 188 Å². The molecule has 3 aliphatic heterocycles. The Balaban J connectivity index is 1.18. The molecular weight excluding hydrogens is 434 g/mol. The molecule has 168 valence electrons. The van der Waals surface area contributed by atoms with Crippen molar-refractivity contribution >= 4 is 22.2 Å². The predicted octanol–water partition coefficient (Wildman–Crippen LogP) is 4.04. The Morgan fingerprint density at radius 2 is 1.94 bits per heavy atom. The molecule has 0 bridgehead atoms. The molecule has 1 spiro atoms. The lowest BCUT2D eigenvalue weighted by Crippen LogP contribution is -2.50. The Morgan fingerprint density at radius 1 is 1.19 bits per heavy atom. The van der Waals surface area contributed by atoms with Gasteiger partial charge in [0.15, 0.2) is 10.6 Å². The standard InChI is InChI=1S/C23H24F2N4O2S/c1-14-19(28-8-9-32-22(28)26-14)13-27-6-4-23(5-7-27)21(30)29-18(2-3-20(29)31-23)15-10-16(24)12-17(25)11-15/h8-12,18,20H,2-7,13H2,1H3. The molecule has 3 saturated heterocycles. The normalized spacial score (nSPS) is 25.3. The summed E-state index contributed by atoms with van der Waals surface area (Å²) in [6, 6.07) is 3.18. The van der Waals surface area contributed by atoms with Crippen molar-refractivity contribution in [2.45, 2.75) is 57.0 Å². The number of halogens is 2. The fraction of sp³-hybridized carbons (Fsp3) is 0.478. The number of hydrogen-bond donors (Lipinski definition) is 0. The molecule has 0 saturated carbocycles. The zero-order chi connectivity index (χ0) is 22.0. The minimum atomic E-state index is -0.824. The van der Waals surface area contributed by atoms with E-state index in [1.165, 1.54) is 17.8 Å². The first-order valence-corrected chi connectivity index (χ1v) is 11.9. The molecule has 2 aromatic heterocycles. The molecule has 5 heterocycles. The summed E-state index contributed by atoms with van der Waals surface area (Å²) in [7, 11) is 0. The molecule has 6 rings (SSSR count). The summed E-state index contributed by atoms with van der Waals surface area (Å²) in [5.74, 6) is -1.27. The van der Waals surface area contributed by atoms with Gasteiger partial charge < -0.3 is 9.64 Å². The number of amides is 1. The van der Waals surface area contributed by atoms with Crippen molar-refractivity contribution in [2.75, 3.05) is 13.1 Å². The lowest BCUT2D eigenvalue weighted by Gasteiger charge is -2.37. The van der Waals surface area contributed by atoms with Gasteiger partial charge in [0, 0.05) is 37.3 Å². The average molecular weight is 459 g/mol. The number of piperidine rings is 1. The number of likely N-dealkylation sites (tertiary alicyclic amines) is 1. The second kappa shape index (κ2) is 7.33. The van der Waals surface area contributed by atoms with Crippen molar-refractivity contribution < 1.29 is 18.3 Å². The number of fused-ring (bicyclic) bond motifs is 2. The molecule has 32 heavy (non-hydrogen) atoms. The van der Waals surface area contributed by atoms with Gasteiger partial charge in [-0.05, 0) is 50.3 Å². The monoisotopic (exact) mass is 458 g/mol. The maximum atomic E-state index is 13.8. The number of carbonyl (C=O) groups excluding carboxylic acids is 1. The first-order chi connectivity index (χ1) is 15.4. The van der Waals surface area contributed by atoms with Gasteiger partial charge in [0.1, 0.15) is 17.9 Å². The summed E-state index contributed by atoms with van der Waals surface area (Å²) in [5, 5.41) is 2.04. The van der Waals surface area contributed by atoms with E-state index >= 15 is 0 Å². The van der Waals surface area contributed by atoms with Crippen molar-refractivity contribution in [1.29, 1.82) is 0 Å². The number of carbonyl (C=O) groups is 1. The second-order valence-corrected chi connectivity index (χ2v) is 9.92. The van der Waals surface area contributed by atoms with Crippen LogP contribution < -0.4 is 0 Å². The lowest BCUT2D eigenvalue weighted by molar-refractivity contribution is -0.143. The van der Waals surface area contributed by atoms with Crippen LogP contribution >= 0.6 is 11.3 Å². The first kappa shape index (κ1) is 20.3. The molecule has 1 aromatic carbocycles. The third-order valence-corrected chi connectivity index (χ3v) is 7.94. The van der Waals surface area contributed by atoms with Gasteiger partial charge in [0.2, 0.25) is 0 Å². The van der Waals surface area contributed by atoms with E-state index in [0.29, 0.717) is 31.2 Å². The van der Waals surface area contributed by atoms with Crippen molar-refractivity contribution in [3.63, 3.8) is 0 Å². The van der Waals surface area contributed by atoms with Crippen LogP contribution in [0.15, 0.2) is 29.8 Å². The summed E-state index contributed by atoms with van der Waals surface area (Å²) in [5.41, 5.74) is 1.91. The van der Waals surface area contributed by atoms with Gasteiger partial charge in [-0.15, -0.1) is 11.3 Å². The SMILES string of the molecule is Cc1nc2sccn2c1CN1CCC2(CC1)OC1CCC(c3cc(F)cc(F)c3)N1C2=O. The van der Waals surface area contributed by atoms with E-state index in [1.54, 1.807) is 16.2 Å². The van der Waals surface area contributed by atoms with Gasteiger partial charge in [-0.1, -0.05) is 0 Å². The number of thiazole rings is 1. The molecule has 6 nitrogen and oxygen atoms in total. The van der Waals surface area contributed by atoms with Gasteiger partial charge in [0.05, 0.1) is 17.4 Å². The van der Waals surface area contributed by atoms with E-state index in [4.69, 9.17) is 4.74 Å². The summed E-state index contributed by atoms with van der Waals surface area (Å²) in [4.78, 5) is 23.2. The lowest BCUT2D eigenvalue weighted by atomic mass is 9.89. The molecule has 3 aliphatic rings. The number of imidazole rings is 1. The number of hydrogen-bond acceptors (Lipinski definition) is 5. The van der Waals surface area contributed by atoms with Crippen LogP contribution in [0.3, 0.4) is 0 Å². The average Bonchev–Trinajstić information content (AvgIpc) is 3.48. The summed E-state index contributed by atoms with van der Waals surface area (Å²) < 4.78 is 36.1. The number of rotatable bonds is 3. The molecular formula is C23H24F2N4O2S. The minimum absolute atomic E-state index is 0.0323. The Morgan fingerprint density at radius 3 is 2.69 bits per heavy atom. The highest BCUT2D eigenvalue weighted by Gasteiger charge is 2.57. The number of ether oxygens (including phenoxy) is 1. The van der Waals surface area contributed by atoms with Gasteiger partial charge in [-0.3, -0.25) is 14.1 Å². The maximum absolute atomic E-state index is 13.8. The van der Waals surface area contributed by atoms with E-state index in [-0.39, 0.29) is 18.2 Å². The van der Waals surface area contributed by atoms with Gasteiger partial charge in [0.25, 0.3) is 5.91 Å². The van der Waals surface area contributed by atoms with Crippen LogP contribution in [-0.4, -0.2) is 50.0 Å². The molecule has 3 aromatic rings. The third-order valence-electron chi connectivity index (χ3n) is 7.19. The highest BCUT2D eigenvalue weighted by Crippen LogP contribution is 2.47. The number of aryl methyl sites for hydroxylation is 1. The van der Waals surface area contributed by atoms with Gasteiger partial charge >= 0.3 is 0 Å². The van der Waals surface area contributed by atoms with E-state index in [2.05, 4.69) is 14.3 Å².